The zero-order valence-electron chi connectivity index (χ0n) is 18.4. The molecule has 0 atom stereocenters. The molecule has 8 heteroatoms. The average molecular weight is 446 g/mol. The minimum absolute atomic E-state index is 0.196. The fourth-order valence-electron chi connectivity index (χ4n) is 3.75. The summed E-state index contributed by atoms with van der Waals surface area (Å²) in [7, 11) is -3.30. The molecule has 1 heterocycles. The number of nitrogens with zero attached hydrogens (tertiary/aromatic N) is 2. The minimum atomic E-state index is -3.30. The number of hydrogen-bond acceptors (Lipinski definition) is 5. The molecule has 0 saturated heterocycles. The molecule has 0 fully saturated rings. The summed E-state index contributed by atoms with van der Waals surface area (Å²) in [6, 6.07) is 12.9. The van der Waals surface area contributed by atoms with E-state index >= 15 is 0 Å². The lowest BCUT2D eigenvalue weighted by molar-refractivity contribution is 0.0950. The molecule has 168 valence electrons. The molecule has 2 aromatic carbocycles. The summed E-state index contributed by atoms with van der Waals surface area (Å²) in [5.74, 6) is 0.575. The lowest BCUT2D eigenvalue weighted by Gasteiger charge is -2.19. The van der Waals surface area contributed by atoms with Crippen molar-refractivity contribution in [2.45, 2.75) is 26.8 Å². The molecule has 31 heavy (non-hydrogen) atoms. The summed E-state index contributed by atoms with van der Waals surface area (Å²) < 4.78 is 31.1. The molecule has 0 bridgehead atoms. The van der Waals surface area contributed by atoms with Gasteiger partial charge in [-0.25, -0.2) is 8.42 Å². The van der Waals surface area contributed by atoms with E-state index in [9.17, 15) is 13.2 Å². The maximum absolute atomic E-state index is 12.7. The highest BCUT2D eigenvalue weighted by Gasteiger charge is 2.26. The Hall–Kier alpha value is -2.58. The summed E-state index contributed by atoms with van der Waals surface area (Å²) in [5, 5.41) is 2.95. The molecule has 0 radical (unpaired) electrons. The predicted molar refractivity (Wildman–Crippen MR) is 123 cm³/mol. The van der Waals surface area contributed by atoms with Crippen LogP contribution in [0.4, 0.5) is 5.69 Å². The Morgan fingerprint density at radius 2 is 1.90 bits per heavy atom. The van der Waals surface area contributed by atoms with E-state index in [0.717, 1.165) is 36.5 Å². The Morgan fingerprint density at radius 1 is 1.16 bits per heavy atom. The molecule has 0 aromatic heterocycles. The van der Waals surface area contributed by atoms with Crippen molar-refractivity contribution in [2.24, 2.45) is 0 Å². The fourth-order valence-corrected chi connectivity index (χ4v) is 4.71. The van der Waals surface area contributed by atoms with Gasteiger partial charge < -0.3 is 15.0 Å². The van der Waals surface area contributed by atoms with E-state index < -0.39 is 10.0 Å². The summed E-state index contributed by atoms with van der Waals surface area (Å²) in [4.78, 5) is 15.0. The lowest BCUT2D eigenvalue weighted by atomic mass is 10.1. The van der Waals surface area contributed by atoms with Crippen LogP contribution in [0.1, 0.15) is 35.3 Å². The second-order valence-electron chi connectivity index (χ2n) is 7.59. The van der Waals surface area contributed by atoms with Gasteiger partial charge >= 0.3 is 0 Å². The quantitative estimate of drug-likeness (QED) is 0.608. The third kappa shape index (κ3) is 5.77. The van der Waals surface area contributed by atoms with Crippen molar-refractivity contribution >= 4 is 21.6 Å². The summed E-state index contributed by atoms with van der Waals surface area (Å²) in [6.07, 6.45) is 1.80. The van der Waals surface area contributed by atoms with Crippen molar-refractivity contribution in [1.82, 2.24) is 10.2 Å². The highest BCUT2D eigenvalue weighted by atomic mass is 32.2. The van der Waals surface area contributed by atoms with Crippen LogP contribution in [-0.4, -0.2) is 58.3 Å². The molecule has 0 unspecified atom stereocenters. The van der Waals surface area contributed by atoms with Gasteiger partial charge in [0.25, 0.3) is 5.91 Å². The third-order valence-corrected chi connectivity index (χ3v) is 6.75. The van der Waals surface area contributed by atoms with Crippen LogP contribution in [0.2, 0.25) is 0 Å². The van der Waals surface area contributed by atoms with E-state index in [-0.39, 0.29) is 5.91 Å². The highest BCUT2D eigenvalue weighted by Crippen LogP contribution is 2.30. The van der Waals surface area contributed by atoms with Crippen molar-refractivity contribution in [2.75, 3.05) is 43.3 Å². The molecular weight excluding hydrogens is 414 g/mol. The zero-order valence-corrected chi connectivity index (χ0v) is 19.2. The SMILES string of the molecule is CCN(CC)CCOc1ccccc1CNC(=O)c1ccc2c(c1)CCN2S(C)(=O)=O. The fraction of sp³-hybridized carbons (Fsp3) is 0.435. The van der Waals surface area contributed by atoms with Gasteiger partial charge in [-0.2, -0.15) is 0 Å². The number of para-hydroxylation sites is 1. The maximum atomic E-state index is 12.7. The standard InChI is InChI=1S/C23H31N3O4S/c1-4-25(5-2)14-15-30-22-9-7-6-8-20(22)17-24-23(27)19-10-11-21-18(16-19)12-13-26(21)31(3,28)29/h6-11,16H,4-5,12-15,17H2,1-3H3,(H,24,27). The Labute approximate surface area is 185 Å². The van der Waals surface area contributed by atoms with Crippen molar-refractivity contribution in [3.8, 4) is 5.75 Å². The number of amides is 1. The largest absolute Gasteiger partial charge is 0.492 e. The van der Waals surface area contributed by atoms with Crippen molar-refractivity contribution < 1.29 is 17.9 Å². The van der Waals surface area contributed by atoms with Crippen LogP contribution in [0, 0.1) is 0 Å². The number of carbonyl (C=O) groups is 1. The first-order valence-electron chi connectivity index (χ1n) is 10.6. The number of anilines is 1. The maximum Gasteiger partial charge on any atom is 0.251 e. The van der Waals surface area contributed by atoms with E-state index in [2.05, 4.69) is 24.1 Å². The monoisotopic (exact) mass is 445 g/mol. The number of hydrogen-bond donors (Lipinski definition) is 1. The van der Waals surface area contributed by atoms with Gasteiger partial charge in [0.15, 0.2) is 0 Å². The van der Waals surface area contributed by atoms with Gasteiger partial charge in [0.2, 0.25) is 10.0 Å². The number of sulfonamides is 1. The van der Waals surface area contributed by atoms with Gasteiger partial charge in [0.05, 0.1) is 11.9 Å². The van der Waals surface area contributed by atoms with E-state index in [1.54, 1.807) is 18.2 Å². The number of fused-ring (bicyclic) bond motifs is 1. The van der Waals surface area contributed by atoms with Crippen LogP contribution in [0.15, 0.2) is 42.5 Å². The molecule has 1 aliphatic heterocycles. The average Bonchev–Trinajstić information content (AvgIpc) is 3.19. The summed E-state index contributed by atoms with van der Waals surface area (Å²) in [5.41, 5.74) is 2.97. The zero-order chi connectivity index (χ0) is 22.4. The topological polar surface area (TPSA) is 79.0 Å². The smallest absolute Gasteiger partial charge is 0.251 e. The Morgan fingerprint density at radius 3 is 2.61 bits per heavy atom. The van der Waals surface area contributed by atoms with Gasteiger partial charge in [-0.3, -0.25) is 9.10 Å². The normalized spacial score (nSPS) is 13.4. The van der Waals surface area contributed by atoms with Crippen LogP contribution in [0.5, 0.6) is 5.75 Å². The van der Waals surface area contributed by atoms with Crippen LogP contribution in [-0.2, 0) is 23.0 Å². The Bertz CT molecular complexity index is 1020. The molecule has 3 rings (SSSR count). The summed E-state index contributed by atoms with van der Waals surface area (Å²) in [6.45, 7) is 8.45. The first-order valence-corrected chi connectivity index (χ1v) is 12.5. The molecule has 1 aliphatic rings. The van der Waals surface area contributed by atoms with Crippen molar-refractivity contribution in [3.05, 3.63) is 59.2 Å². The first-order chi connectivity index (χ1) is 14.8. The second-order valence-corrected chi connectivity index (χ2v) is 9.50. The number of likely N-dealkylation sites (N-methyl/N-ethyl adjacent to an activating group) is 1. The van der Waals surface area contributed by atoms with Gasteiger partial charge in [0, 0.05) is 30.8 Å². The molecule has 0 saturated carbocycles. The van der Waals surface area contributed by atoms with Crippen molar-refractivity contribution in [1.29, 1.82) is 0 Å². The molecule has 0 aliphatic carbocycles. The molecular formula is C23H31N3O4S. The molecule has 2 aromatic rings. The number of rotatable bonds is 10. The van der Waals surface area contributed by atoms with Crippen LogP contribution in [0.3, 0.4) is 0 Å². The summed E-state index contributed by atoms with van der Waals surface area (Å²) >= 11 is 0. The predicted octanol–water partition coefficient (Wildman–Crippen LogP) is 2.66. The van der Waals surface area contributed by atoms with E-state index in [1.165, 1.54) is 10.6 Å². The van der Waals surface area contributed by atoms with E-state index in [1.807, 2.05) is 24.3 Å². The third-order valence-electron chi connectivity index (χ3n) is 5.57. The van der Waals surface area contributed by atoms with Gasteiger partial charge in [-0.1, -0.05) is 32.0 Å². The number of ether oxygens (including phenoxy) is 1. The molecule has 0 spiro atoms. The van der Waals surface area contributed by atoms with E-state index in [0.29, 0.717) is 37.4 Å². The van der Waals surface area contributed by atoms with Gasteiger partial charge in [-0.05, 0) is 49.3 Å². The number of nitrogens with one attached hydrogen (secondary N) is 1. The molecule has 7 nitrogen and oxygen atoms in total. The Balaban J connectivity index is 1.62. The number of carbonyl (C=O) groups excluding carboxylic acids is 1. The second kappa shape index (κ2) is 10.2. The molecule has 1 N–H and O–H groups in total. The lowest BCUT2D eigenvalue weighted by Crippen LogP contribution is -2.28. The van der Waals surface area contributed by atoms with Gasteiger partial charge in [0.1, 0.15) is 12.4 Å². The Kier molecular flexibility index (Phi) is 7.56. The van der Waals surface area contributed by atoms with Crippen LogP contribution < -0.4 is 14.4 Å². The highest BCUT2D eigenvalue weighted by molar-refractivity contribution is 7.92. The van der Waals surface area contributed by atoms with E-state index in [4.69, 9.17) is 4.74 Å². The van der Waals surface area contributed by atoms with Gasteiger partial charge in [-0.15, -0.1) is 0 Å². The van der Waals surface area contributed by atoms with Crippen LogP contribution in [0.25, 0.3) is 0 Å². The number of benzene rings is 2. The van der Waals surface area contributed by atoms with Crippen molar-refractivity contribution in [3.63, 3.8) is 0 Å². The first kappa shape index (κ1) is 23.1. The molecule has 1 amide bonds. The van der Waals surface area contributed by atoms with Crippen LogP contribution >= 0.6 is 0 Å². The minimum Gasteiger partial charge on any atom is -0.492 e.